The molecule has 0 saturated carbocycles. The van der Waals surface area contributed by atoms with Crippen molar-refractivity contribution in [2.45, 2.75) is 13.2 Å². The Balaban J connectivity index is 1.88. The highest BCUT2D eigenvalue weighted by atomic mass is 35.5. The minimum atomic E-state index is -3.06. The van der Waals surface area contributed by atoms with Gasteiger partial charge >= 0.3 is 12.4 Å². The molecule has 0 aliphatic carbocycles. The average molecular weight is 404 g/mol. The molecule has 0 radical (unpaired) electrons. The van der Waals surface area contributed by atoms with Crippen molar-refractivity contribution in [3.8, 4) is 5.75 Å². The number of anilines is 1. The highest BCUT2D eigenvalue weighted by Gasteiger charge is 2.18. The molecule has 26 heavy (non-hydrogen) atoms. The predicted octanol–water partition coefficient (Wildman–Crippen LogP) is 4.16. The van der Waals surface area contributed by atoms with Crippen LogP contribution in [0.4, 0.5) is 20.4 Å². The Labute approximate surface area is 154 Å². The third-order valence-electron chi connectivity index (χ3n) is 3.28. The van der Waals surface area contributed by atoms with Crippen molar-refractivity contribution in [2.24, 2.45) is 0 Å². The molecule has 0 saturated heterocycles. The fraction of sp³-hybridized carbons (Fsp3) is 0.143. The van der Waals surface area contributed by atoms with Crippen LogP contribution >= 0.6 is 23.2 Å². The molecule has 0 amide bonds. The first-order chi connectivity index (χ1) is 12.3. The molecule has 12 heteroatoms. The molecule has 3 rings (SSSR count). The third-order valence-corrected chi connectivity index (χ3v) is 3.78. The molecule has 0 aliphatic heterocycles. The maximum Gasteiger partial charge on any atom is 0.387 e. The van der Waals surface area contributed by atoms with Crippen molar-refractivity contribution < 1.29 is 18.4 Å². The summed E-state index contributed by atoms with van der Waals surface area (Å²) >= 11 is 11.8. The van der Waals surface area contributed by atoms with Crippen molar-refractivity contribution in [2.75, 3.05) is 5.32 Å². The van der Waals surface area contributed by atoms with Crippen molar-refractivity contribution in [1.29, 1.82) is 0 Å². The Morgan fingerprint density at radius 2 is 2.12 bits per heavy atom. The number of rotatable bonds is 6. The first-order valence-corrected chi connectivity index (χ1v) is 7.76. The van der Waals surface area contributed by atoms with E-state index in [2.05, 4.69) is 20.1 Å². The van der Waals surface area contributed by atoms with Gasteiger partial charge in [-0.2, -0.15) is 8.78 Å². The fourth-order valence-electron chi connectivity index (χ4n) is 2.23. The molecule has 2 heterocycles. The van der Waals surface area contributed by atoms with Crippen LogP contribution in [0.15, 0.2) is 30.5 Å². The fourth-order valence-corrected chi connectivity index (χ4v) is 2.81. The van der Waals surface area contributed by atoms with Crippen molar-refractivity contribution in [3.63, 3.8) is 0 Å². The number of aromatic nitrogens is 3. The SMILES string of the molecule is O=[N+]([O-])c1cnc2ccc(NCc3cc(Cl)cc(Cl)c3OC(F)F)nn12. The van der Waals surface area contributed by atoms with Gasteiger partial charge in [-0.25, -0.2) is 4.98 Å². The molecule has 0 aliphatic rings. The van der Waals surface area contributed by atoms with Gasteiger partial charge in [0.15, 0.2) is 5.82 Å². The zero-order chi connectivity index (χ0) is 18.8. The van der Waals surface area contributed by atoms with E-state index in [1.54, 1.807) is 0 Å². The van der Waals surface area contributed by atoms with Crippen LogP contribution in [0.1, 0.15) is 5.56 Å². The Morgan fingerprint density at radius 3 is 2.81 bits per heavy atom. The van der Waals surface area contributed by atoms with Gasteiger partial charge in [0.05, 0.1) is 5.02 Å². The number of benzene rings is 1. The first-order valence-electron chi connectivity index (χ1n) is 7.01. The second kappa shape index (κ2) is 7.26. The maximum atomic E-state index is 12.6. The standard InChI is InChI=1S/C14H9Cl2F2N5O3/c15-8-3-7(13(9(16)4-8)26-14(17)18)5-19-10-1-2-11-20-6-12(23(24)25)22(11)21-10/h1-4,6,14H,5H2,(H,19,21). The van der Waals surface area contributed by atoms with E-state index in [1.165, 1.54) is 24.3 Å². The molecule has 2 aromatic heterocycles. The highest BCUT2D eigenvalue weighted by Crippen LogP contribution is 2.34. The summed E-state index contributed by atoms with van der Waals surface area (Å²) in [4.78, 5) is 14.2. The van der Waals surface area contributed by atoms with E-state index >= 15 is 0 Å². The number of nitro groups is 1. The van der Waals surface area contributed by atoms with E-state index in [-0.39, 0.29) is 45.2 Å². The van der Waals surface area contributed by atoms with Gasteiger partial charge in [-0.3, -0.25) is 0 Å². The number of fused-ring (bicyclic) bond motifs is 1. The van der Waals surface area contributed by atoms with Gasteiger partial charge in [-0.1, -0.05) is 32.8 Å². The van der Waals surface area contributed by atoms with E-state index in [9.17, 15) is 18.9 Å². The molecule has 8 nitrogen and oxygen atoms in total. The summed E-state index contributed by atoms with van der Waals surface area (Å²) < 4.78 is 30.6. The van der Waals surface area contributed by atoms with E-state index < -0.39 is 11.5 Å². The zero-order valence-electron chi connectivity index (χ0n) is 12.7. The molecule has 1 aromatic carbocycles. The van der Waals surface area contributed by atoms with E-state index in [1.807, 2.05) is 0 Å². The van der Waals surface area contributed by atoms with Crippen LogP contribution in [0.5, 0.6) is 5.75 Å². The smallest absolute Gasteiger partial charge is 0.387 e. The molecule has 0 spiro atoms. The second-order valence-corrected chi connectivity index (χ2v) is 5.81. The van der Waals surface area contributed by atoms with Gasteiger partial charge in [0.25, 0.3) is 0 Å². The molecule has 136 valence electrons. The van der Waals surface area contributed by atoms with E-state index in [0.717, 1.165) is 10.7 Å². The van der Waals surface area contributed by atoms with Crippen molar-refractivity contribution >= 4 is 40.5 Å². The lowest BCUT2D eigenvalue weighted by Gasteiger charge is -2.13. The predicted molar refractivity (Wildman–Crippen MR) is 90.1 cm³/mol. The lowest BCUT2D eigenvalue weighted by Crippen LogP contribution is -2.09. The zero-order valence-corrected chi connectivity index (χ0v) is 14.2. The van der Waals surface area contributed by atoms with Crippen LogP contribution in [-0.2, 0) is 6.54 Å². The number of nitrogens with one attached hydrogen (secondary N) is 1. The number of hydrogen-bond acceptors (Lipinski definition) is 6. The quantitative estimate of drug-likeness (QED) is 0.490. The number of imidazole rings is 1. The van der Waals surface area contributed by atoms with Crippen molar-refractivity contribution in [3.05, 3.63) is 56.2 Å². The van der Waals surface area contributed by atoms with Crippen LogP contribution in [0.2, 0.25) is 10.0 Å². The van der Waals surface area contributed by atoms with Gasteiger partial charge in [-0.15, -0.1) is 0 Å². The molecule has 0 bridgehead atoms. The van der Waals surface area contributed by atoms with Gasteiger partial charge in [0, 0.05) is 23.2 Å². The van der Waals surface area contributed by atoms with E-state index in [4.69, 9.17) is 23.2 Å². The van der Waals surface area contributed by atoms with Crippen molar-refractivity contribution in [1.82, 2.24) is 14.6 Å². The summed E-state index contributed by atoms with van der Waals surface area (Å²) in [5.41, 5.74) is 0.555. The molecule has 0 atom stereocenters. The molecule has 0 fully saturated rings. The molecular formula is C14H9Cl2F2N5O3. The number of halogens is 4. The first kappa shape index (κ1) is 18.1. The van der Waals surface area contributed by atoms with Gasteiger partial charge < -0.3 is 20.2 Å². The lowest BCUT2D eigenvalue weighted by molar-refractivity contribution is -0.391. The van der Waals surface area contributed by atoms with Crippen LogP contribution in [0, 0.1) is 10.1 Å². The summed E-state index contributed by atoms with van der Waals surface area (Å²) in [5, 5.41) is 18.0. The molecule has 3 aromatic rings. The lowest BCUT2D eigenvalue weighted by atomic mass is 10.2. The topological polar surface area (TPSA) is 94.6 Å². The summed E-state index contributed by atoms with van der Waals surface area (Å²) in [5.74, 6) is -0.276. The third kappa shape index (κ3) is 3.75. The van der Waals surface area contributed by atoms with Gasteiger partial charge in [0.1, 0.15) is 11.9 Å². The second-order valence-electron chi connectivity index (χ2n) is 4.97. The Hall–Kier alpha value is -2.72. The minimum absolute atomic E-state index is 0.0106. The molecular weight excluding hydrogens is 395 g/mol. The highest BCUT2D eigenvalue weighted by molar-refractivity contribution is 6.35. The van der Waals surface area contributed by atoms with Gasteiger partial charge in [-0.05, 0) is 23.1 Å². The number of nitrogens with zero attached hydrogens (tertiary/aromatic N) is 4. The Morgan fingerprint density at radius 1 is 1.35 bits per heavy atom. The Kier molecular flexibility index (Phi) is 5.05. The monoisotopic (exact) mass is 403 g/mol. The average Bonchev–Trinajstić information content (AvgIpc) is 2.98. The number of alkyl halides is 2. The Bertz CT molecular complexity index is 983. The number of hydrogen-bond donors (Lipinski definition) is 1. The summed E-state index contributed by atoms with van der Waals surface area (Å²) in [6.45, 7) is -3.07. The van der Waals surface area contributed by atoms with Crippen LogP contribution < -0.4 is 10.1 Å². The minimum Gasteiger partial charge on any atom is -0.433 e. The molecule has 0 unspecified atom stereocenters. The summed E-state index contributed by atoms with van der Waals surface area (Å²) in [6, 6.07) is 5.75. The van der Waals surface area contributed by atoms with Crippen LogP contribution in [-0.4, -0.2) is 26.1 Å². The summed E-state index contributed by atoms with van der Waals surface area (Å²) in [7, 11) is 0. The summed E-state index contributed by atoms with van der Waals surface area (Å²) in [6.07, 6.45) is 1.08. The normalized spacial score (nSPS) is 11.1. The number of ether oxygens (including phenoxy) is 1. The molecule has 1 N–H and O–H groups in total. The van der Waals surface area contributed by atoms with Gasteiger partial charge in [0.2, 0.25) is 5.65 Å². The van der Waals surface area contributed by atoms with Crippen LogP contribution in [0.25, 0.3) is 5.65 Å². The van der Waals surface area contributed by atoms with Crippen LogP contribution in [0.3, 0.4) is 0 Å². The van der Waals surface area contributed by atoms with E-state index in [0.29, 0.717) is 0 Å². The maximum absolute atomic E-state index is 12.6. The largest absolute Gasteiger partial charge is 0.433 e.